The molecule has 0 fully saturated rings. The summed E-state index contributed by atoms with van der Waals surface area (Å²) >= 11 is 0. The number of anilines is 1. The Kier molecular flexibility index (Phi) is 7.20. The van der Waals surface area contributed by atoms with Crippen LogP contribution in [0.25, 0.3) is 0 Å². The molecule has 7 heteroatoms. The van der Waals surface area contributed by atoms with Crippen LogP contribution in [0.5, 0.6) is 11.5 Å². The highest BCUT2D eigenvalue weighted by molar-refractivity contribution is 5.92. The zero-order valence-corrected chi connectivity index (χ0v) is 15.7. The van der Waals surface area contributed by atoms with Crippen LogP contribution in [-0.2, 0) is 6.54 Å². The summed E-state index contributed by atoms with van der Waals surface area (Å²) in [4.78, 5) is 20.5. The maximum atomic E-state index is 12.3. The van der Waals surface area contributed by atoms with Crippen molar-refractivity contribution in [3.63, 3.8) is 0 Å². The molecule has 2 N–H and O–H groups in total. The highest BCUT2D eigenvalue weighted by Gasteiger charge is 2.10. The summed E-state index contributed by atoms with van der Waals surface area (Å²) in [6.07, 6.45) is 2.42. The van der Waals surface area contributed by atoms with Crippen LogP contribution in [0.4, 0.5) is 5.82 Å². The molecule has 7 nitrogen and oxygen atoms in total. The average Bonchev–Trinajstić information content (AvgIpc) is 2.65. The van der Waals surface area contributed by atoms with Crippen LogP contribution in [0.3, 0.4) is 0 Å². The van der Waals surface area contributed by atoms with Gasteiger partial charge in [-0.05, 0) is 30.0 Å². The maximum Gasteiger partial charge on any atom is 0.270 e. The number of carbonyl (C=O) groups is 1. The number of hydrogen-bond acceptors (Lipinski definition) is 6. The number of carbonyl (C=O) groups excluding carboxylic acids is 1. The molecule has 140 valence electrons. The van der Waals surface area contributed by atoms with Crippen molar-refractivity contribution >= 4 is 11.7 Å². The molecule has 0 aliphatic carbocycles. The first kappa shape index (κ1) is 19.5. The number of hydrogen-bond donors (Lipinski definition) is 2. The SMILES string of the molecule is COc1ccc(CNC(=O)c2cc(NCCC(C)C)ncn2)cc1OC. The van der Waals surface area contributed by atoms with Crippen LogP contribution in [0.2, 0.25) is 0 Å². The Morgan fingerprint density at radius 1 is 1.12 bits per heavy atom. The molecule has 0 saturated heterocycles. The Labute approximate surface area is 154 Å². The Morgan fingerprint density at radius 2 is 1.88 bits per heavy atom. The molecule has 2 aromatic rings. The van der Waals surface area contributed by atoms with Crippen molar-refractivity contribution < 1.29 is 14.3 Å². The molecular weight excluding hydrogens is 332 g/mol. The van der Waals surface area contributed by atoms with E-state index >= 15 is 0 Å². The molecule has 26 heavy (non-hydrogen) atoms. The molecule has 0 aliphatic rings. The lowest BCUT2D eigenvalue weighted by molar-refractivity contribution is 0.0945. The van der Waals surface area contributed by atoms with E-state index in [-0.39, 0.29) is 5.91 Å². The molecule has 0 unspecified atom stereocenters. The van der Waals surface area contributed by atoms with Gasteiger partial charge in [-0.1, -0.05) is 19.9 Å². The molecule has 1 amide bonds. The van der Waals surface area contributed by atoms with E-state index in [1.54, 1.807) is 20.3 Å². The first-order valence-corrected chi connectivity index (χ1v) is 8.58. The van der Waals surface area contributed by atoms with E-state index in [9.17, 15) is 4.79 Å². The fourth-order valence-corrected chi connectivity index (χ4v) is 2.33. The van der Waals surface area contributed by atoms with E-state index in [1.807, 2.05) is 18.2 Å². The number of aromatic nitrogens is 2. The number of nitrogens with one attached hydrogen (secondary N) is 2. The Hall–Kier alpha value is -2.83. The summed E-state index contributed by atoms with van der Waals surface area (Å²) < 4.78 is 10.5. The van der Waals surface area contributed by atoms with Gasteiger partial charge in [0.05, 0.1) is 14.2 Å². The lowest BCUT2D eigenvalue weighted by Gasteiger charge is -2.11. The number of amides is 1. The molecule has 1 aromatic carbocycles. The van der Waals surface area contributed by atoms with Crippen molar-refractivity contribution in [3.05, 3.63) is 41.9 Å². The molecule has 0 saturated carbocycles. The number of methoxy groups -OCH3 is 2. The summed E-state index contributed by atoms with van der Waals surface area (Å²) in [6.45, 7) is 5.49. The van der Waals surface area contributed by atoms with Crippen molar-refractivity contribution in [1.82, 2.24) is 15.3 Å². The topological polar surface area (TPSA) is 85.4 Å². The average molecular weight is 358 g/mol. The Morgan fingerprint density at radius 3 is 2.58 bits per heavy atom. The van der Waals surface area contributed by atoms with Crippen LogP contribution in [0, 0.1) is 5.92 Å². The van der Waals surface area contributed by atoms with Gasteiger partial charge in [-0.2, -0.15) is 0 Å². The van der Waals surface area contributed by atoms with Gasteiger partial charge >= 0.3 is 0 Å². The summed E-state index contributed by atoms with van der Waals surface area (Å²) in [5.74, 6) is 2.27. The van der Waals surface area contributed by atoms with Crippen molar-refractivity contribution in [1.29, 1.82) is 0 Å². The molecule has 0 atom stereocenters. The molecule has 2 rings (SSSR count). The standard InChI is InChI=1S/C19H26N4O3/c1-13(2)7-8-20-18-10-15(22-12-23-18)19(24)21-11-14-5-6-16(25-3)17(9-14)26-4/h5-6,9-10,12-13H,7-8,11H2,1-4H3,(H,21,24)(H,20,22,23). The van der Waals surface area contributed by atoms with Gasteiger partial charge < -0.3 is 20.1 Å². The van der Waals surface area contributed by atoms with Gasteiger partial charge in [0, 0.05) is 19.2 Å². The normalized spacial score (nSPS) is 10.5. The van der Waals surface area contributed by atoms with Crippen LogP contribution in [0.15, 0.2) is 30.6 Å². The minimum Gasteiger partial charge on any atom is -0.493 e. The van der Waals surface area contributed by atoms with Gasteiger partial charge in [0.25, 0.3) is 5.91 Å². The third-order valence-electron chi connectivity index (χ3n) is 3.83. The summed E-state index contributed by atoms with van der Waals surface area (Å²) in [6, 6.07) is 7.17. The third kappa shape index (κ3) is 5.61. The highest BCUT2D eigenvalue weighted by Crippen LogP contribution is 2.27. The molecule has 0 bridgehead atoms. The first-order chi connectivity index (χ1) is 12.5. The number of ether oxygens (including phenoxy) is 2. The van der Waals surface area contributed by atoms with Crippen molar-refractivity contribution in [2.24, 2.45) is 5.92 Å². The fourth-order valence-electron chi connectivity index (χ4n) is 2.33. The van der Waals surface area contributed by atoms with E-state index in [0.29, 0.717) is 35.5 Å². The molecule has 1 heterocycles. The van der Waals surface area contributed by atoms with Gasteiger partial charge in [-0.15, -0.1) is 0 Å². The second-order valence-electron chi connectivity index (χ2n) is 6.27. The molecule has 1 aromatic heterocycles. The van der Waals surface area contributed by atoms with Gasteiger partial charge in [0.15, 0.2) is 11.5 Å². The number of nitrogens with zero attached hydrogens (tertiary/aromatic N) is 2. The Balaban J connectivity index is 1.95. The molecular formula is C19H26N4O3. The summed E-state index contributed by atoms with van der Waals surface area (Å²) in [5.41, 5.74) is 1.23. The zero-order valence-electron chi connectivity index (χ0n) is 15.7. The quantitative estimate of drug-likeness (QED) is 0.717. The lowest BCUT2D eigenvalue weighted by Crippen LogP contribution is -2.24. The highest BCUT2D eigenvalue weighted by atomic mass is 16.5. The van der Waals surface area contributed by atoms with Crippen molar-refractivity contribution in [2.75, 3.05) is 26.1 Å². The number of benzene rings is 1. The zero-order chi connectivity index (χ0) is 18.9. The van der Waals surface area contributed by atoms with E-state index in [0.717, 1.165) is 18.5 Å². The van der Waals surface area contributed by atoms with Gasteiger partial charge in [0.2, 0.25) is 0 Å². The van der Waals surface area contributed by atoms with E-state index in [1.165, 1.54) is 6.33 Å². The van der Waals surface area contributed by atoms with Crippen LogP contribution in [0.1, 0.15) is 36.3 Å². The number of rotatable bonds is 9. The van der Waals surface area contributed by atoms with Crippen LogP contribution < -0.4 is 20.1 Å². The summed E-state index contributed by atoms with van der Waals surface area (Å²) in [5, 5.41) is 6.06. The third-order valence-corrected chi connectivity index (χ3v) is 3.83. The Bertz CT molecular complexity index is 734. The largest absolute Gasteiger partial charge is 0.493 e. The molecule has 0 spiro atoms. The predicted octanol–water partition coefficient (Wildman–Crippen LogP) is 2.88. The minimum atomic E-state index is -0.255. The lowest BCUT2D eigenvalue weighted by atomic mass is 10.1. The van der Waals surface area contributed by atoms with Gasteiger partial charge in [-0.25, -0.2) is 9.97 Å². The molecule has 0 aliphatic heterocycles. The minimum absolute atomic E-state index is 0.255. The van der Waals surface area contributed by atoms with Crippen LogP contribution in [-0.4, -0.2) is 36.6 Å². The van der Waals surface area contributed by atoms with Gasteiger partial charge in [-0.3, -0.25) is 4.79 Å². The predicted molar refractivity (Wildman–Crippen MR) is 101 cm³/mol. The van der Waals surface area contributed by atoms with Crippen molar-refractivity contribution in [2.45, 2.75) is 26.8 Å². The van der Waals surface area contributed by atoms with E-state index < -0.39 is 0 Å². The second kappa shape index (κ2) is 9.60. The maximum absolute atomic E-state index is 12.3. The summed E-state index contributed by atoms with van der Waals surface area (Å²) in [7, 11) is 3.16. The van der Waals surface area contributed by atoms with Crippen molar-refractivity contribution in [3.8, 4) is 11.5 Å². The first-order valence-electron chi connectivity index (χ1n) is 8.58. The monoisotopic (exact) mass is 358 g/mol. The second-order valence-corrected chi connectivity index (χ2v) is 6.27. The van der Waals surface area contributed by atoms with E-state index in [2.05, 4.69) is 34.4 Å². The van der Waals surface area contributed by atoms with E-state index in [4.69, 9.17) is 9.47 Å². The van der Waals surface area contributed by atoms with Crippen LogP contribution >= 0.6 is 0 Å². The fraction of sp³-hybridized carbons (Fsp3) is 0.421. The smallest absolute Gasteiger partial charge is 0.270 e. The molecule has 0 radical (unpaired) electrons. The van der Waals surface area contributed by atoms with Gasteiger partial charge in [0.1, 0.15) is 17.8 Å².